The zero-order valence-electron chi connectivity index (χ0n) is 12.0. The standard InChI is InChI=1S/C15H23N3O/c1-11-4-5-14(10-12(11)2)18-9-8-17(7-6-16)13(3)15(18)19/h4-5,10,13H,6-9,16H2,1-3H3. The van der Waals surface area contributed by atoms with Crippen molar-refractivity contribution in [2.45, 2.75) is 26.8 Å². The number of carbonyl (C=O) groups is 1. The zero-order valence-corrected chi connectivity index (χ0v) is 12.0. The SMILES string of the molecule is Cc1ccc(N2CCN(CCN)C(C)C2=O)cc1C. The van der Waals surface area contributed by atoms with Crippen molar-refractivity contribution >= 4 is 11.6 Å². The third-order valence-corrected chi connectivity index (χ3v) is 4.00. The van der Waals surface area contributed by atoms with Crippen LogP contribution in [0.1, 0.15) is 18.1 Å². The Kier molecular flexibility index (Phi) is 4.22. The van der Waals surface area contributed by atoms with Crippen molar-refractivity contribution in [2.75, 3.05) is 31.1 Å². The number of anilines is 1. The average molecular weight is 261 g/mol. The summed E-state index contributed by atoms with van der Waals surface area (Å²) < 4.78 is 0. The van der Waals surface area contributed by atoms with Crippen molar-refractivity contribution in [1.82, 2.24) is 4.90 Å². The molecule has 1 aromatic carbocycles. The Morgan fingerprint density at radius 3 is 2.63 bits per heavy atom. The summed E-state index contributed by atoms with van der Waals surface area (Å²) in [6, 6.07) is 6.12. The third kappa shape index (κ3) is 2.80. The molecule has 4 heteroatoms. The summed E-state index contributed by atoms with van der Waals surface area (Å²) in [4.78, 5) is 16.5. The predicted molar refractivity (Wildman–Crippen MR) is 78.4 cm³/mol. The summed E-state index contributed by atoms with van der Waals surface area (Å²) in [5.74, 6) is 0.169. The highest BCUT2D eigenvalue weighted by molar-refractivity contribution is 5.97. The highest BCUT2D eigenvalue weighted by Gasteiger charge is 2.31. The number of nitrogens with two attached hydrogens (primary N) is 1. The van der Waals surface area contributed by atoms with Crippen LogP contribution in [0.25, 0.3) is 0 Å². The molecule has 1 aliphatic rings. The van der Waals surface area contributed by atoms with Crippen LogP contribution >= 0.6 is 0 Å². The van der Waals surface area contributed by atoms with Gasteiger partial charge >= 0.3 is 0 Å². The maximum Gasteiger partial charge on any atom is 0.244 e. The number of benzene rings is 1. The van der Waals surface area contributed by atoms with Gasteiger partial charge in [-0.1, -0.05) is 6.07 Å². The van der Waals surface area contributed by atoms with E-state index in [9.17, 15) is 4.79 Å². The van der Waals surface area contributed by atoms with Crippen LogP contribution < -0.4 is 10.6 Å². The Bertz CT molecular complexity index is 472. The second-order valence-corrected chi connectivity index (χ2v) is 5.26. The van der Waals surface area contributed by atoms with Crippen LogP contribution in [0.2, 0.25) is 0 Å². The molecule has 1 unspecified atom stereocenters. The van der Waals surface area contributed by atoms with E-state index in [1.807, 2.05) is 17.9 Å². The molecule has 104 valence electrons. The quantitative estimate of drug-likeness (QED) is 0.892. The van der Waals surface area contributed by atoms with Gasteiger partial charge < -0.3 is 10.6 Å². The van der Waals surface area contributed by atoms with E-state index in [-0.39, 0.29) is 11.9 Å². The van der Waals surface area contributed by atoms with Crippen LogP contribution in [0.4, 0.5) is 5.69 Å². The Balaban J connectivity index is 2.18. The van der Waals surface area contributed by atoms with Crippen LogP contribution in [-0.2, 0) is 4.79 Å². The first-order valence-electron chi connectivity index (χ1n) is 6.87. The van der Waals surface area contributed by atoms with Gasteiger partial charge in [0.15, 0.2) is 0 Å². The van der Waals surface area contributed by atoms with E-state index in [1.165, 1.54) is 11.1 Å². The molecular weight excluding hydrogens is 238 g/mol. The summed E-state index contributed by atoms with van der Waals surface area (Å²) in [6.07, 6.45) is 0. The Morgan fingerprint density at radius 2 is 2.00 bits per heavy atom. The topological polar surface area (TPSA) is 49.6 Å². The Morgan fingerprint density at radius 1 is 1.26 bits per heavy atom. The van der Waals surface area contributed by atoms with Crippen LogP contribution in [-0.4, -0.2) is 43.0 Å². The van der Waals surface area contributed by atoms with Crippen LogP contribution in [0, 0.1) is 13.8 Å². The van der Waals surface area contributed by atoms with Crippen LogP contribution in [0.15, 0.2) is 18.2 Å². The second kappa shape index (κ2) is 5.72. The molecule has 0 aliphatic carbocycles. The minimum absolute atomic E-state index is 0.0843. The summed E-state index contributed by atoms with van der Waals surface area (Å²) in [7, 11) is 0. The minimum Gasteiger partial charge on any atom is -0.329 e. The zero-order chi connectivity index (χ0) is 14.0. The van der Waals surface area contributed by atoms with Crippen molar-refractivity contribution in [3.05, 3.63) is 29.3 Å². The van der Waals surface area contributed by atoms with Crippen molar-refractivity contribution in [1.29, 1.82) is 0 Å². The molecule has 1 atom stereocenters. The summed E-state index contributed by atoms with van der Waals surface area (Å²) in [6.45, 7) is 9.14. The first-order valence-corrected chi connectivity index (χ1v) is 6.87. The van der Waals surface area contributed by atoms with E-state index in [1.54, 1.807) is 0 Å². The molecule has 0 spiro atoms. The fourth-order valence-electron chi connectivity index (χ4n) is 2.54. The van der Waals surface area contributed by atoms with Gasteiger partial charge in [-0.15, -0.1) is 0 Å². The normalized spacial score (nSPS) is 20.9. The lowest BCUT2D eigenvalue weighted by atomic mass is 10.1. The van der Waals surface area contributed by atoms with Gasteiger partial charge in [0.25, 0.3) is 0 Å². The van der Waals surface area contributed by atoms with Gasteiger partial charge in [0.05, 0.1) is 6.04 Å². The fourth-order valence-corrected chi connectivity index (χ4v) is 2.54. The first-order chi connectivity index (χ1) is 9.04. The van der Waals surface area contributed by atoms with E-state index in [2.05, 4.69) is 30.9 Å². The van der Waals surface area contributed by atoms with Crippen molar-refractivity contribution < 1.29 is 4.79 Å². The molecular formula is C15H23N3O. The van der Waals surface area contributed by atoms with Crippen LogP contribution in [0.5, 0.6) is 0 Å². The smallest absolute Gasteiger partial charge is 0.244 e. The van der Waals surface area contributed by atoms with E-state index in [0.29, 0.717) is 6.54 Å². The molecule has 0 aromatic heterocycles. The molecule has 1 heterocycles. The van der Waals surface area contributed by atoms with Gasteiger partial charge in [-0.25, -0.2) is 0 Å². The number of amides is 1. The molecule has 1 aromatic rings. The average Bonchev–Trinajstić information content (AvgIpc) is 2.39. The highest BCUT2D eigenvalue weighted by atomic mass is 16.2. The highest BCUT2D eigenvalue weighted by Crippen LogP contribution is 2.22. The summed E-state index contributed by atoms with van der Waals surface area (Å²) in [5, 5.41) is 0. The van der Waals surface area contributed by atoms with E-state index in [4.69, 9.17) is 5.73 Å². The number of carbonyl (C=O) groups excluding carboxylic acids is 1. The molecule has 1 aliphatic heterocycles. The maximum atomic E-state index is 12.5. The number of hydrogen-bond acceptors (Lipinski definition) is 3. The lowest BCUT2D eigenvalue weighted by molar-refractivity contribution is -0.125. The van der Waals surface area contributed by atoms with Gasteiger partial charge in [-0.05, 0) is 44.0 Å². The number of nitrogens with zero attached hydrogens (tertiary/aromatic N) is 2. The van der Waals surface area contributed by atoms with Gasteiger partial charge in [0.2, 0.25) is 5.91 Å². The van der Waals surface area contributed by atoms with E-state index >= 15 is 0 Å². The van der Waals surface area contributed by atoms with Crippen LogP contribution in [0.3, 0.4) is 0 Å². The van der Waals surface area contributed by atoms with E-state index < -0.39 is 0 Å². The molecule has 19 heavy (non-hydrogen) atoms. The Labute approximate surface area is 115 Å². The van der Waals surface area contributed by atoms with Gasteiger partial charge in [-0.2, -0.15) is 0 Å². The molecule has 0 radical (unpaired) electrons. The Hall–Kier alpha value is -1.39. The lowest BCUT2D eigenvalue weighted by Gasteiger charge is -2.39. The third-order valence-electron chi connectivity index (χ3n) is 4.00. The number of piperazine rings is 1. The lowest BCUT2D eigenvalue weighted by Crippen LogP contribution is -2.56. The van der Waals surface area contributed by atoms with Crippen molar-refractivity contribution in [3.63, 3.8) is 0 Å². The molecule has 0 bridgehead atoms. The fraction of sp³-hybridized carbons (Fsp3) is 0.533. The van der Waals surface area contributed by atoms with Gasteiger partial charge in [0.1, 0.15) is 0 Å². The predicted octanol–water partition coefficient (Wildman–Crippen LogP) is 1.30. The molecule has 0 saturated carbocycles. The minimum atomic E-state index is -0.0843. The molecule has 1 amide bonds. The molecule has 2 rings (SSSR count). The monoisotopic (exact) mass is 261 g/mol. The molecule has 1 fully saturated rings. The largest absolute Gasteiger partial charge is 0.329 e. The van der Waals surface area contributed by atoms with Crippen molar-refractivity contribution in [3.8, 4) is 0 Å². The molecule has 1 saturated heterocycles. The van der Waals surface area contributed by atoms with Gasteiger partial charge in [-0.3, -0.25) is 9.69 Å². The number of hydrogen-bond donors (Lipinski definition) is 1. The summed E-state index contributed by atoms with van der Waals surface area (Å²) >= 11 is 0. The number of aryl methyl sites for hydroxylation is 2. The number of rotatable bonds is 3. The maximum absolute atomic E-state index is 12.5. The molecule has 4 nitrogen and oxygen atoms in total. The second-order valence-electron chi connectivity index (χ2n) is 5.26. The van der Waals surface area contributed by atoms with Crippen molar-refractivity contribution in [2.24, 2.45) is 5.73 Å². The van der Waals surface area contributed by atoms with E-state index in [0.717, 1.165) is 25.3 Å². The molecule has 2 N–H and O–H groups in total. The first kappa shape index (κ1) is 14.0. The summed E-state index contributed by atoms with van der Waals surface area (Å²) in [5.41, 5.74) is 9.07. The van der Waals surface area contributed by atoms with Gasteiger partial charge in [0, 0.05) is 31.9 Å².